The molecule has 1 nitrogen and oxygen atoms in total. The Morgan fingerprint density at radius 3 is 2.63 bits per heavy atom. The van der Waals surface area contributed by atoms with E-state index in [-0.39, 0.29) is 10.8 Å². The topological polar surface area (TPSA) is 12.0 Å². The predicted octanol–water partition coefficient (Wildman–Crippen LogP) is 4.44. The highest BCUT2D eigenvalue weighted by Crippen LogP contribution is 2.43. The first-order chi connectivity index (χ1) is 9.01. The van der Waals surface area contributed by atoms with Crippen LogP contribution < -0.4 is 5.32 Å². The third-order valence-electron chi connectivity index (χ3n) is 4.03. The van der Waals surface area contributed by atoms with Gasteiger partial charge in [0.1, 0.15) is 5.82 Å². The molecule has 0 saturated heterocycles. The van der Waals surface area contributed by atoms with Crippen LogP contribution in [0.25, 0.3) is 0 Å². The van der Waals surface area contributed by atoms with E-state index < -0.39 is 0 Å². The number of hydrogen-bond donors (Lipinski definition) is 1. The molecule has 1 N–H and O–H groups in total. The van der Waals surface area contributed by atoms with Crippen LogP contribution in [-0.2, 0) is 6.42 Å². The van der Waals surface area contributed by atoms with Crippen molar-refractivity contribution in [3.8, 4) is 0 Å². The Morgan fingerprint density at radius 2 is 2.11 bits per heavy atom. The first kappa shape index (κ1) is 14.8. The van der Waals surface area contributed by atoms with Crippen LogP contribution in [0, 0.1) is 17.2 Å². The van der Waals surface area contributed by atoms with E-state index >= 15 is 0 Å². The van der Waals surface area contributed by atoms with Gasteiger partial charge in [0.05, 0.1) is 5.02 Å². The van der Waals surface area contributed by atoms with E-state index in [4.69, 9.17) is 11.6 Å². The van der Waals surface area contributed by atoms with Gasteiger partial charge in [-0.2, -0.15) is 0 Å². The van der Waals surface area contributed by atoms with Crippen LogP contribution in [0.4, 0.5) is 4.39 Å². The maximum atomic E-state index is 13.5. The summed E-state index contributed by atoms with van der Waals surface area (Å²) >= 11 is 5.73. The van der Waals surface area contributed by atoms with E-state index in [9.17, 15) is 4.39 Å². The van der Waals surface area contributed by atoms with Gasteiger partial charge in [-0.1, -0.05) is 37.9 Å². The van der Waals surface area contributed by atoms with E-state index in [1.54, 1.807) is 12.1 Å². The molecular weight excluding hydrogens is 261 g/mol. The van der Waals surface area contributed by atoms with Gasteiger partial charge in [-0.3, -0.25) is 0 Å². The molecule has 0 heterocycles. The number of rotatable bonds is 6. The smallest absolute Gasteiger partial charge is 0.142 e. The lowest BCUT2D eigenvalue weighted by molar-refractivity contribution is 0.129. The molecule has 0 amide bonds. The summed E-state index contributed by atoms with van der Waals surface area (Å²) in [6, 6.07) is 5.21. The standard InChI is InChI=1S/C16H23ClFN/c1-12(2)10-19-11-16(6-3-7-16)9-13-4-5-14(17)15(18)8-13/h4-5,8,12,19H,3,6-7,9-11H2,1-2H3. The summed E-state index contributed by atoms with van der Waals surface area (Å²) in [5, 5.41) is 3.77. The minimum atomic E-state index is -0.302. The van der Waals surface area contributed by atoms with Crippen LogP contribution in [-0.4, -0.2) is 13.1 Å². The fraction of sp³-hybridized carbons (Fsp3) is 0.625. The lowest BCUT2D eigenvalue weighted by atomic mass is 9.65. The molecule has 3 heteroatoms. The molecule has 1 aromatic carbocycles. The van der Waals surface area contributed by atoms with Gasteiger partial charge in [-0.25, -0.2) is 4.39 Å². The SMILES string of the molecule is CC(C)CNCC1(Cc2ccc(Cl)c(F)c2)CCC1. The van der Waals surface area contributed by atoms with Crippen LogP contribution in [0.5, 0.6) is 0 Å². The highest BCUT2D eigenvalue weighted by atomic mass is 35.5. The predicted molar refractivity (Wildman–Crippen MR) is 79.1 cm³/mol. The van der Waals surface area contributed by atoms with Gasteiger partial charge in [-0.15, -0.1) is 0 Å². The lowest BCUT2D eigenvalue weighted by Crippen LogP contribution is -2.42. The fourth-order valence-electron chi connectivity index (χ4n) is 2.80. The zero-order valence-electron chi connectivity index (χ0n) is 11.8. The number of nitrogens with one attached hydrogen (secondary N) is 1. The van der Waals surface area contributed by atoms with Crippen LogP contribution >= 0.6 is 11.6 Å². The quantitative estimate of drug-likeness (QED) is 0.814. The molecule has 1 aliphatic carbocycles. The largest absolute Gasteiger partial charge is 0.316 e. The van der Waals surface area contributed by atoms with E-state index in [2.05, 4.69) is 19.2 Å². The molecule has 0 radical (unpaired) electrons. The average molecular weight is 284 g/mol. The zero-order chi connectivity index (χ0) is 13.9. The Hall–Kier alpha value is -0.600. The summed E-state index contributed by atoms with van der Waals surface area (Å²) in [6.45, 7) is 6.52. The number of halogens is 2. The Balaban J connectivity index is 1.95. The molecule has 1 aliphatic rings. The first-order valence-corrected chi connectivity index (χ1v) is 7.53. The van der Waals surface area contributed by atoms with Crippen molar-refractivity contribution in [2.75, 3.05) is 13.1 Å². The summed E-state index contributed by atoms with van der Waals surface area (Å²) < 4.78 is 13.5. The Morgan fingerprint density at radius 1 is 1.37 bits per heavy atom. The van der Waals surface area contributed by atoms with E-state index in [0.29, 0.717) is 11.3 Å². The van der Waals surface area contributed by atoms with Gasteiger partial charge in [0.2, 0.25) is 0 Å². The van der Waals surface area contributed by atoms with E-state index in [1.165, 1.54) is 19.3 Å². The van der Waals surface area contributed by atoms with Gasteiger partial charge >= 0.3 is 0 Å². The molecule has 19 heavy (non-hydrogen) atoms. The molecule has 0 unspecified atom stereocenters. The van der Waals surface area contributed by atoms with E-state index in [1.807, 2.05) is 6.07 Å². The highest BCUT2D eigenvalue weighted by molar-refractivity contribution is 6.30. The maximum absolute atomic E-state index is 13.5. The van der Waals surface area contributed by atoms with Crippen molar-refractivity contribution in [1.29, 1.82) is 0 Å². The Labute approximate surface area is 120 Å². The fourth-order valence-corrected chi connectivity index (χ4v) is 2.92. The molecule has 1 fully saturated rings. The molecular formula is C16H23ClFN. The molecule has 106 valence electrons. The monoisotopic (exact) mass is 283 g/mol. The van der Waals surface area contributed by atoms with Crippen molar-refractivity contribution in [2.24, 2.45) is 11.3 Å². The van der Waals surface area contributed by atoms with Gasteiger partial charge in [0, 0.05) is 6.54 Å². The van der Waals surface area contributed by atoms with Crippen LogP contribution in [0.3, 0.4) is 0 Å². The van der Waals surface area contributed by atoms with Crippen molar-refractivity contribution in [1.82, 2.24) is 5.32 Å². The normalized spacial score (nSPS) is 17.5. The molecule has 2 rings (SSSR count). The lowest BCUT2D eigenvalue weighted by Gasteiger charge is -2.42. The number of benzene rings is 1. The van der Waals surface area contributed by atoms with Crippen molar-refractivity contribution >= 4 is 11.6 Å². The summed E-state index contributed by atoms with van der Waals surface area (Å²) in [5.41, 5.74) is 1.39. The van der Waals surface area contributed by atoms with Crippen LogP contribution in [0.15, 0.2) is 18.2 Å². The molecule has 1 aromatic rings. The first-order valence-electron chi connectivity index (χ1n) is 7.15. The Kier molecular flexibility index (Phi) is 4.86. The second kappa shape index (κ2) is 6.23. The van der Waals surface area contributed by atoms with Gasteiger partial charge in [-0.05, 0) is 54.8 Å². The van der Waals surface area contributed by atoms with Crippen LogP contribution in [0.1, 0.15) is 38.7 Å². The maximum Gasteiger partial charge on any atom is 0.142 e. The zero-order valence-corrected chi connectivity index (χ0v) is 12.6. The van der Waals surface area contributed by atoms with Crippen molar-refractivity contribution in [3.63, 3.8) is 0 Å². The Bertz CT molecular complexity index is 427. The third kappa shape index (κ3) is 3.93. The molecule has 0 atom stereocenters. The molecule has 0 aliphatic heterocycles. The molecule has 0 spiro atoms. The molecule has 0 bridgehead atoms. The average Bonchev–Trinajstić information content (AvgIpc) is 2.30. The van der Waals surface area contributed by atoms with Gasteiger partial charge in [0.15, 0.2) is 0 Å². The highest BCUT2D eigenvalue weighted by Gasteiger charge is 2.36. The second-order valence-corrected chi connectivity index (χ2v) is 6.71. The molecule has 0 aromatic heterocycles. The third-order valence-corrected chi connectivity index (χ3v) is 4.34. The summed E-state index contributed by atoms with van der Waals surface area (Å²) in [7, 11) is 0. The summed E-state index contributed by atoms with van der Waals surface area (Å²) in [6.07, 6.45) is 4.72. The van der Waals surface area contributed by atoms with Crippen LogP contribution in [0.2, 0.25) is 5.02 Å². The minimum absolute atomic E-state index is 0.212. The van der Waals surface area contributed by atoms with Gasteiger partial charge < -0.3 is 5.32 Å². The molecule has 1 saturated carbocycles. The van der Waals surface area contributed by atoms with Crippen molar-refractivity contribution < 1.29 is 4.39 Å². The number of hydrogen-bond acceptors (Lipinski definition) is 1. The minimum Gasteiger partial charge on any atom is -0.316 e. The summed E-state index contributed by atoms with van der Waals surface area (Å²) in [5.74, 6) is 0.369. The van der Waals surface area contributed by atoms with Gasteiger partial charge in [0.25, 0.3) is 0 Å². The second-order valence-electron chi connectivity index (χ2n) is 6.30. The van der Waals surface area contributed by atoms with Crippen molar-refractivity contribution in [2.45, 2.75) is 39.5 Å². The van der Waals surface area contributed by atoms with E-state index in [0.717, 1.165) is 25.1 Å². The summed E-state index contributed by atoms with van der Waals surface area (Å²) in [4.78, 5) is 0. The van der Waals surface area contributed by atoms with Crippen molar-refractivity contribution in [3.05, 3.63) is 34.6 Å².